The van der Waals surface area contributed by atoms with Crippen LogP contribution in [0.5, 0.6) is 0 Å². The molecule has 0 fully saturated rings. The van der Waals surface area contributed by atoms with Crippen LogP contribution in [0, 0.1) is 5.92 Å². The summed E-state index contributed by atoms with van der Waals surface area (Å²) in [5.74, 6) is -2.38. The van der Waals surface area contributed by atoms with Gasteiger partial charge in [-0.25, -0.2) is 0 Å². The molecule has 2 N–H and O–H groups in total. The van der Waals surface area contributed by atoms with Gasteiger partial charge in [0.15, 0.2) is 0 Å². The Hall–Kier alpha value is -1.84. The maximum atomic E-state index is 11.4. The van der Waals surface area contributed by atoms with Crippen molar-refractivity contribution in [3.05, 3.63) is 35.9 Å². The molecule has 0 radical (unpaired) electrons. The molecule has 1 aromatic rings. The Balaban J connectivity index is 2.46. The van der Waals surface area contributed by atoms with Gasteiger partial charge in [0.2, 0.25) is 5.91 Å². The monoisotopic (exact) mass is 235 g/mol. The minimum Gasteiger partial charge on any atom is -0.481 e. The van der Waals surface area contributed by atoms with Crippen LogP contribution in [-0.2, 0) is 9.59 Å². The maximum Gasteiger partial charge on any atom is 0.315 e. The van der Waals surface area contributed by atoms with Crippen LogP contribution in [0.2, 0.25) is 0 Å². The van der Waals surface area contributed by atoms with E-state index in [1.54, 1.807) is 0 Å². The van der Waals surface area contributed by atoms with E-state index >= 15 is 0 Å². The van der Waals surface area contributed by atoms with Gasteiger partial charge in [-0.1, -0.05) is 37.3 Å². The molecule has 4 nitrogen and oxygen atoms in total. The van der Waals surface area contributed by atoms with Crippen molar-refractivity contribution in [3.8, 4) is 0 Å². The zero-order valence-electron chi connectivity index (χ0n) is 10.0. The van der Waals surface area contributed by atoms with Gasteiger partial charge in [0.25, 0.3) is 0 Å². The van der Waals surface area contributed by atoms with E-state index in [1.165, 1.54) is 6.92 Å². The molecule has 17 heavy (non-hydrogen) atoms. The Morgan fingerprint density at radius 3 is 2.35 bits per heavy atom. The van der Waals surface area contributed by atoms with Gasteiger partial charge in [0.05, 0.1) is 0 Å². The largest absolute Gasteiger partial charge is 0.481 e. The van der Waals surface area contributed by atoms with Crippen LogP contribution in [0.25, 0.3) is 0 Å². The normalized spacial score (nSPS) is 13.8. The number of carbonyl (C=O) groups excluding carboxylic acids is 1. The molecule has 4 heteroatoms. The number of aliphatic carboxylic acids is 1. The molecular weight excluding hydrogens is 218 g/mol. The lowest BCUT2D eigenvalue weighted by atomic mass is 10.0. The molecule has 92 valence electrons. The molecule has 0 heterocycles. The Labute approximate surface area is 101 Å². The van der Waals surface area contributed by atoms with E-state index in [9.17, 15) is 9.59 Å². The van der Waals surface area contributed by atoms with E-state index in [1.807, 2.05) is 37.3 Å². The van der Waals surface area contributed by atoms with Crippen molar-refractivity contribution in [1.82, 2.24) is 5.32 Å². The maximum absolute atomic E-state index is 11.4. The molecule has 0 saturated carbocycles. The van der Waals surface area contributed by atoms with Crippen LogP contribution in [0.3, 0.4) is 0 Å². The van der Waals surface area contributed by atoms with Gasteiger partial charge in [0, 0.05) is 6.54 Å². The van der Waals surface area contributed by atoms with Crippen molar-refractivity contribution < 1.29 is 14.7 Å². The van der Waals surface area contributed by atoms with Gasteiger partial charge in [-0.2, -0.15) is 0 Å². The molecule has 1 amide bonds. The zero-order chi connectivity index (χ0) is 12.8. The van der Waals surface area contributed by atoms with Crippen LogP contribution < -0.4 is 5.32 Å². The molecule has 0 aliphatic rings. The minimum atomic E-state index is -1.10. The lowest BCUT2D eigenvalue weighted by Gasteiger charge is -2.14. The number of hydrogen-bond acceptors (Lipinski definition) is 2. The van der Waals surface area contributed by atoms with Crippen molar-refractivity contribution in [2.45, 2.75) is 19.8 Å². The van der Waals surface area contributed by atoms with Crippen molar-refractivity contribution in [2.75, 3.05) is 6.54 Å². The quantitative estimate of drug-likeness (QED) is 0.762. The molecule has 0 aliphatic carbocycles. The lowest BCUT2D eigenvalue weighted by Crippen LogP contribution is -2.35. The summed E-state index contributed by atoms with van der Waals surface area (Å²) >= 11 is 0. The van der Waals surface area contributed by atoms with E-state index in [0.717, 1.165) is 5.56 Å². The second kappa shape index (κ2) is 6.03. The highest BCUT2D eigenvalue weighted by atomic mass is 16.4. The number of carbonyl (C=O) groups is 2. The van der Waals surface area contributed by atoms with Gasteiger partial charge in [-0.05, 0) is 18.4 Å². The van der Waals surface area contributed by atoms with E-state index < -0.39 is 17.8 Å². The molecule has 0 saturated heterocycles. The lowest BCUT2D eigenvalue weighted by molar-refractivity contribution is -0.146. The first kappa shape index (κ1) is 13.2. The van der Waals surface area contributed by atoms with Crippen LogP contribution in [-0.4, -0.2) is 23.5 Å². The number of carboxylic acids is 1. The number of rotatable bonds is 5. The van der Waals surface area contributed by atoms with E-state index in [2.05, 4.69) is 5.32 Å². The number of hydrogen-bond donors (Lipinski definition) is 2. The summed E-state index contributed by atoms with van der Waals surface area (Å²) in [5, 5.41) is 11.3. The van der Waals surface area contributed by atoms with Crippen LogP contribution >= 0.6 is 0 Å². The third-order valence-corrected chi connectivity index (χ3v) is 2.71. The second-order valence-electron chi connectivity index (χ2n) is 4.12. The first-order chi connectivity index (χ1) is 8.02. The standard InChI is InChI=1S/C13H17NO3/c1-9(11-6-4-3-5-7-11)8-14-12(15)10(2)13(16)17/h3-7,9-10H,8H2,1-2H3,(H,14,15)(H,16,17). The smallest absolute Gasteiger partial charge is 0.315 e. The van der Waals surface area contributed by atoms with Gasteiger partial charge in [-0.3, -0.25) is 9.59 Å². The molecule has 2 atom stereocenters. The van der Waals surface area contributed by atoms with E-state index in [-0.39, 0.29) is 5.92 Å². The summed E-state index contributed by atoms with van der Waals surface area (Å²) in [6.07, 6.45) is 0. The average molecular weight is 235 g/mol. The van der Waals surface area contributed by atoms with Gasteiger partial charge in [0.1, 0.15) is 5.92 Å². The Morgan fingerprint density at radius 1 is 1.24 bits per heavy atom. The third-order valence-electron chi connectivity index (χ3n) is 2.71. The highest BCUT2D eigenvalue weighted by molar-refractivity contribution is 5.96. The Bertz CT molecular complexity index is 389. The van der Waals surface area contributed by atoms with Crippen molar-refractivity contribution >= 4 is 11.9 Å². The first-order valence-electron chi connectivity index (χ1n) is 5.58. The SMILES string of the molecule is CC(C(=O)O)C(=O)NCC(C)c1ccccc1. The number of benzene rings is 1. The number of amides is 1. The van der Waals surface area contributed by atoms with Crippen molar-refractivity contribution in [1.29, 1.82) is 0 Å². The zero-order valence-corrected chi connectivity index (χ0v) is 10.0. The molecule has 0 bridgehead atoms. The van der Waals surface area contributed by atoms with Crippen molar-refractivity contribution in [3.63, 3.8) is 0 Å². The second-order valence-corrected chi connectivity index (χ2v) is 4.12. The van der Waals surface area contributed by atoms with Gasteiger partial charge < -0.3 is 10.4 Å². The third kappa shape index (κ3) is 3.90. The van der Waals surface area contributed by atoms with Crippen LogP contribution in [0.15, 0.2) is 30.3 Å². The van der Waals surface area contributed by atoms with E-state index in [4.69, 9.17) is 5.11 Å². The fraction of sp³-hybridized carbons (Fsp3) is 0.385. The molecule has 1 aromatic carbocycles. The summed E-state index contributed by atoms with van der Waals surface area (Å²) in [6.45, 7) is 3.81. The summed E-state index contributed by atoms with van der Waals surface area (Å²) in [6, 6.07) is 9.78. The topological polar surface area (TPSA) is 66.4 Å². The Kier molecular flexibility index (Phi) is 4.69. The van der Waals surface area contributed by atoms with Crippen LogP contribution in [0.1, 0.15) is 25.3 Å². The molecule has 0 aliphatic heterocycles. The number of nitrogens with one attached hydrogen (secondary N) is 1. The highest BCUT2D eigenvalue weighted by Gasteiger charge is 2.20. The summed E-state index contributed by atoms with van der Waals surface area (Å²) in [7, 11) is 0. The van der Waals surface area contributed by atoms with Gasteiger partial charge >= 0.3 is 5.97 Å². The summed E-state index contributed by atoms with van der Waals surface area (Å²) in [4.78, 5) is 22.0. The predicted octanol–water partition coefficient (Wildman–Crippen LogP) is 1.63. The fourth-order valence-corrected chi connectivity index (χ4v) is 1.42. The minimum absolute atomic E-state index is 0.168. The first-order valence-corrected chi connectivity index (χ1v) is 5.58. The number of carboxylic acid groups (broad SMARTS) is 1. The molecule has 2 unspecified atom stereocenters. The molecule has 0 aromatic heterocycles. The Morgan fingerprint density at radius 2 is 1.82 bits per heavy atom. The molecule has 1 rings (SSSR count). The molecule has 0 spiro atoms. The van der Waals surface area contributed by atoms with Gasteiger partial charge in [-0.15, -0.1) is 0 Å². The van der Waals surface area contributed by atoms with Crippen molar-refractivity contribution in [2.24, 2.45) is 5.92 Å². The predicted molar refractivity (Wildman–Crippen MR) is 64.7 cm³/mol. The summed E-state index contributed by atoms with van der Waals surface area (Å²) in [5.41, 5.74) is 1.12. The molecular formula is C13H17NO3. The average Bonchev–Trinajstić information content (AvgIpc) is 2.35. The highest BCUT2D eigenvalue weighted by Crippen LogP contribution is 2.13. The van der Waals surface area contributed by atoms with E-state index in [0.29, 0.717) is 6.54 Å². The summed E-state index contributed by atoms with van der Waals surface area (Å²) < 4.78 is 0. The fourth-order valence-electron chi connectivity index (χ4n) is 1.42. The van der Waals surface area contributed by atoms with Crippen LogP contribution in [0.4, 0.5) is 0 Å².